The molecule has 0 spiro atoms. The Hall–Kier alpha value is -1.89. The van der Waals surface area contributed by atoms with Gasteiger partial charge in [0.2, 0.25) is 5.91 Å². The average Bonchev–Trinajstić information content (AvgIpc) is 2.59. The summed E-state index contributed by atoms with van der Waals surface area (Å²) >= 11 is 2.24. The SMILES string of the molecule is CC(C)(C)c1cc(CCC(=O)N/N=C/c2cccc(I)c2)cc(C(C)(C)C)c1O. The normalized spacial score (nSPS) is 12.4. The van der Waals surface area contributed by atoms with E-state index in [9.17, 15) is 9.90 Å². The fraction of sp³-hybridized carbons (Fsp3) is 0.417. The summed E-state index contributed by atoms with van der Waals surface area (Å²) in [5.41, 5.74) is 6.06. The molecular weight excluding hydrogens is 475 g/mol. The van der Waals surface area contributed by atoms with Gasteiger partial charge in [-0.25, -0.2) is 5.43 Å². The molecule has 2 aromatic rings. The lowest BCUT2D eigenvalue weighted by atomic mass is 9.78. The second-order valence-electron chi connectivity index (χ2n) is 9.39. The van der Waals surface area contributed by atoms with E-state index in [1.807, 2.05) is 36.4 Å². The number of carbonyl (C=O) groups excluding carboxylic acids is 1. The number of hydrazone groups is 1. The summed E-state index contributed by atoms with van der Waals surface area (Å²) in [7, 11) is 0. The van der Waals surface area contributed by atoms with E-state index in [4.69, 9.17) is 0 Å². The number of amides is 1. The molecule has 0 aromatic heterocycles. The Morgan fingerprint density at radius 3 is 2.17 bits per heavy atom. The number of nitrogens with zero attached hydrogens (tertiary/aromatic N) is 1. The van der Waals surface area contributed by atoms with Crippen LogP contribution in [0, 0.1) is 3.57 Å². The van der Waals surface area contributed by atoms with Crippen molar-refractivity contribution in [1.82, 2.24) is 5.43 Å². The van der Waals surface area contributed by atoms with E-state index in [2.05, 4.69) is 74.7 Å². The number of benzene rings is 2. The summed E-state index contributed by atoms with van der Waals surface area (Å²) in [5.74, 6) is 0.231. The molecular formula is C24H31IN2O2. The summed E-state index contributed by atoms with van der Waals surface area (Å²) in [4.78, 5) is 12.2. The molecule has 29 heavy (non-hydrogen) atoms. The number of halogens is 1. The lowest BCUT2D eigenvalue weighted by Crippen LogP contribution is -2.20. The van der Waals surface area contributed by atoms with Crippen molar-refractivity contribution >= 4 is 34.7 Å². The molecule has 0 aliphatic rings. The zero-order valence-electron chi connectivity index (χ0n) is 18.1. The van der Waals surface area contributed by atoms with Gasteiger partial charge in [-0.3, -0.25) is 4.79 Å². The fourth-order valence-electron chi connectivity index (χ4n) is 3.06. The largest absolute Gasteiger partial charge is 0.507 e. The highest BCUT2D eigenvalue weighted by Crippen LogP contribution is 2.39. The van der Waals surface area contributed by atoms with Crippen molar-refractivity contribution in [2.45, 2.75) is 65.2 Å². The smallest absolute Gasteiger partial charge is 0.240 e. The number of aryl methyl sites for hydroxylation is 1. The first kappa shape index (κ1) is 23.4. The van der Waals surface area contributed by atoms with E-state index in [1.165, 1.54) is 0 Å². The van der Waals surface area contributed by atoms with E-state index in [1.54, 1.807) is 6.21 Å². The minimum Gasteiger partial charge on any atom is -0.507 e. The van der Waals surface area contributed by atoms with Crippen LogP contribution < -0.4 is 5.43 Å². The molecule has 0 heterocycles. The summed E-state index contributed by atoms with van der Waals surface area (Å²) in [6.45, 7) is 12.5. The molecule has 2 aromatic carbocycles. The molecule has 0 aliphatic carbocycles. The third-order valence-corrected chi connectivity index (χ3v) is 5.35. The van der Waals surface area contributed by atoms with E-state index < -0.39 is 0 Å². The minimum absolute atomic E-state index is 0.130. The topological polar surface area (TPSA) is 61.7 Å². The number of phenolic OH excluding ortho intramolecular Hbond substituents is 1. The van der Waals surface area contributed by atoms with Crippen LogP contribution in [0.3, 0.4) is 0 Å². The first-order valence-corrected chi connectivity index (χ1v) is 10.9. The summed E-state index contributed by atoms with van der Waals surface area (Å²) in [6, 6.07) is 11.9. The van der Waals surface area contributed by atoms with Gasteiger partial charge < -0.3 is 5.11 Å². The molecule has 0 radical (unpaired) electrons. The van der Waals surface area contributed by atoms with Crippen molar-refractivity contribution in [3.8, 4) is 5.75 Å². The van der Waals surface area contributed by atoms with Crippen molar-refractivity contribution in [3.63, 3.8) is 0 Å². The van der Waals surface area contributed by atoms with E-state index in [-0.39, 0.29) is 16.7 Å². The molecule has 0 unspecified atom stereocenters. The second kappa shape index (κ2) is 9.28. The first-order chi connectivity index (χ1) is 13.4. The molecule has 1 amide bonds. The number of phenols is 1. The second-order valence-corrected chi connectivity index (χ2v) is 10.6. The summed E-state index contributed by atoms with van der Waals surface area (Å²) < 4.78 is 1.12. The molecule has 0 saturated carbocycles. The van der Waals surface area contributed by atoms with Crippen molar-refractivity contribution in [2.24, 2.45) is 5.10 Å². The third-order valence-electron chi connectivity index (χ3n) is 4.68. The van der Waals surface area contributed by atoms with Crippen LogP contribution in [0.1, 0.15) is 70.2 Å². The van der Waals surface area contributed by atoms with Gasteiger partial charge in [0.05, 0.1) is 6.21 Å². The highest BCUT2D eigenvalue weighted by molar-refractivity contribution is 14.1. The van der Waals surface area contributed by atoms with Crippen molar-refractivity contribution < 1.29 is 9.90 Å². The monoisotopic (exact) mass is 506 g/mol. The van der Waals surface area contributed by atoms with Gasteiger partial charge in [-0.15, -0.1) is 0 Å². The van der Waals surface area contributed by atoms with Crippen LogP contribution in [0.2, 0.25) is 0 Å². The van der Waals surface area contributed by atoms with E-state index in [0.29, 0.717) is 18.6 Å². The van der Waals surface area contributed by atoms with Gasteiger partial charge in [-0.1, -0.05) is 65.8 Å². The van der Waals surface area contributed by atoms with E-state index in [0.717, 1.165) is 25.8 Å². The molecule has 0 aliphatic heterocycles. The van der Waals surface area contributed by atoms with Crippen LogP contribution in [0.15, 0.2) is 41.5 Å². The van der Waals surface area contributed by atoms with Gasteiger partial charge in [-0.2, -0.15) is 5.10 Å². The maximum absolute atomic E-state index is 12.2. The molecule has 5 heteroatoms. The van der Waals surface area contributed by atoms with Crippen LogP contribution in [0.4, 0.5) is 0 Å². The van der Waals surface area contributed by atoms with Crippen LogP contribution in [0.5, 0.6) is 5.75 Å². The molecule has 4 nitrogen and oxygen atoms in total. The van der Waals surface area contributed by atoms with Crippen LogP contribution in [-0.4, -0.2) is 17.2 Å². The maximum atomic E-state index is 12.2. The lowest BCUT2D eigenvalue weighted by Gasteiger charge is -2.28. The number of nitrogens with one attached hydrogen (secondary N) is 1. The Kier molecular flexibility index (Phi) is 7.49. The molecule has 2 rings (SSSR count). The molecule has 2 N–H and O–H groups in total. The highest BCUT2D eigenvalue weighted by Gasteiger charge is 2.26. The Balaban J connectivity index is 2.10. The highest BCUT2D eigenvalue weighted by atomic mass is 127. The number of carbonyl (C=O) groups is 1. The summed E-state index contributed by atoms with van der Waals surface area (Å²) in [6.07, 6.45) is 2.58. The number of rotatable bonds is 5. The van der Waals surface area contributed by atoms with Gasteiger partial charge in [0.15, 0.2) is 0 Å². The van der Waals surface area contributed by atoms with Crippen LogP contribution in [0.25, 0.3) is 0 Å². The molecule has 0 bridgehead atoms. The van der Waals surface area contributed by atoms with Crippen LogP contribution >= 0.6 is 22.6 Å². The first-order valence-electron chi connectivity index (χ1n) is 9.82. The van der Waals surface area contributed by atoms with Crippen molar-refractivity contribution in [1.29, 1.82) is 0 Å². The molecule has 0 saturated heterocycles. The minimum atomic E-state index is -0.181. The van der Waals surface area contributed by atoms with Crippen LogP contribution in [-0.2, 0) is 22.0 Å². The van der Waals surface area contributed by atoms with Gasteiger partial charge in [-0.05, 0) is 74.2 Å². The fourth-order valence-corrected chi connectivity index (χ4v) is 3.63. The van der Waals surface area contributed by atoms with Gasteiger partial charge in [0.1, 0.15) is 5.75 Å². The quantitative estimate of drug-likeness (QED) is 0.312. The molecule has 0 fully saturated rings. The third kappa shape index (κ3) is 6.84. The van der Waals surface area contributed by atoms with Crippen molar-refractivity contribution in [2.75, 3.05) is 0 Å². The molecule has 156 valence electrons. The zero-order valence-corrected chi connectivity index (χ0v) is 20.3. The Morgan fingerprint density at radius 1 is 1.07 bits per heavy atom. The Bertz CT molecular complexity index is 871. The number of hydrogen-bond donors (Lipinski definition) is 2. The maximum Gasteiger partial charge on any atom is 0.240 e. The van der Waals surface area contributed by atoms with Crippen molar-refractivity contribution in [3.05, 3.63) is 62.2 Å². The number of aromatic hydroxyl groups is 1. The van der Waals surface area contributed by atoms with Gasteiger partial charge >= 0.3 is 0 Å². The molecule has 0 atom stereocenters. The Labute approximate surface area is 188 Å². The van der Waals surface area contributed by atoms with E-state index >= 15 is 0 Å². The number of hydrogen-bond acceptors (Lipinski definition) is 3. The summed E-state index contributed by atoms with van der Waals surface area (Å²) in [5, 5.41) is 14.9. The predicted molar refractivity (Wildman–Crippen MR) is 129 cm³/mol. The average molecular weight is 506 g/mol. The standard InChI is InChI=1S/C24H31IN2O2/c1-23(2,3)19-13-16(14-20(22(19)29)24(4,5)6)10-11-21(28)27-26-15-17-8-7-9-18(25)12-17/h7-9,12-15,29H,10-11H2,1-6H3,(H,27,28)/b26-15+. The van der Waals surface area contributed by atoms with Gasteiger partial charge in [0, 0.05) is 9.99 Å². The van der Waals surface area contributed by atoms with Gasteiger partial charge in [0.25, 0.3) is 0 Å². The lowest BCUT2D eigenvalue weighted by molar-refractivity contribution is -0.121. The zero-order chi connectivity index (χ0) is 21.8. The predicted octanol–water partition coefficient (Wildman–Crippen LogP) is 5.67. The Morgan fingerprint density at radius 2 is 1.66 bits per heavy atom.